The molecule has 0 aliphatic carbocycles. The molecule has 0 saturated carbocycles. The third-order valence-electron chi connectivity index (χ3n) is 0.708. The Morgan fingerprint density at radius 2 is 2.33 bits per heavy atom. The van der Waals surface area contributed by atoms with Crippen LogP contribution in [0.3, 0.4) is 0 Å². The van der Waals surface area contributed by atoms with Gasteiger partial charge in [0.2, 0.25) is 0 Å². The van der Waals surface area contributed by atoms with Gasteiger partial charge in [-0.3, -0.25) is 4.79 Å². The first-order chi connectivity index (χ1) is 4.31. The molecular formula is C8H8O. The number of hydrogen-bond donors (Lipinski definition) is 0. The van der Waals surface area contributed by atoms with Crippen molar-refractivity contribution in [2.75, 3.05) is 0 Å². The molecular weight excluding hydrogens is 112 g/mol. The molecule has 0 fully saturated rings. The highest BCUT2D eigenvalue weighted by Gasteiger charge is 1.81. The average molecular weight is 120 g/mol. The van der Waals surface area contributed by atoms with Crippen LogP contribution in [0.1, 0.15) is 19.8 Å². The van der Waals surface area contributed by atoms with Crippen molar-refractivity contribution in [3.63, 3.8) is 0 Å². The van der Waals surface area contributed by atoms with Crippen LogP contribution >= 0.6 is 0 Å². The van der Waals surface area contributed by atoms with Gasteiger partial charge < -0.3 is 0 Å². The lowest BCUT2D eigenvalue weighted by atomic mass is 10.3. The molecule has 1 nitrogen and oxygen atoms in total. The number of carbonyl (C=O) groups is 1. The van der Waals surface area contributed by atoms with E-state index in [0.29, 0.717) is 0 Å². The molecule has 0 rings (SSSR count). The predicted molar refractivity (Wildman–Crippen MR) is 36.5 cm³/mol. The summed E-state index contributed by atoms with van der Waals surface area (Å²) in [5.41, 5.74) is 0. The van der Waals surface area contributed by atoms with E-state index in [1.165, 1.54) is 0 Å². The number of unbranched alkanes of at least 4 members (excludes halogenated alkanes) is 1. The van der Waals surface area contributed by atoms with Crippen LogP contribution < -0.4 is 0 Å². The van der Waals surface area contributed by atoms with Crippen molar-refractivity contribution in [1.82, 2.24) is 0 Å². The van der Waals surface area contributed by atoms with Crippen molar-refractivity contribution in [3.05, 3.63) is 0 Å². The van der Waals surface area contributed by atoms with Crippen LogP contribution in [0.4, 0.5) is 0 Å². The average Bonchev–Trinajstić information content (AvgIpc) is 1.89. The predicted octanol–water partition coefficient (Wildman–Crippen LogP) is 0.992. The Balaban J connectivity index is 3.63. The second-order valence-corrected chi connectivity index (χ2v) is 1.53. The van der Waals surface area contributed by atoms with Gasteiger partial charge in [0.25, 0.3) is 5.78 Å². The molecule has 0 aliphatic heterocycles. The van der Waals surface area contributed by atoms with E-state index >= 15 is 0 Å². The topological polar surface area (TPSA) is 17.1 Å². The van der Waals surface area contributed by atoms with Gasteiger partial charge in [-0.2, -0.15) is 0 Å². The quantitative estimate of drug-likeness (QED) is 0.372. The van der Waals surface area contributed by atoms with E-state index < -0.39 is 5.78 Å². The molecule has 0 saturated heterocycles. The zero-order valence-corrected chi connectivity index (χ0v) is 5.40. The molecule has 0 aliphatic rings. The second kappa shape index (κ2) is 4.94. The number of ketones is 1. The van der Waals surface area contributed by atoms with Crippen LogP contribution in [-0.4, -0.2) is 5.78 Å². The number of hydrogen-bond acceptors (Lipinski definition) is 1. The molecule has 0 spiro atoms. The smallest absolute Gasteiger partial charge is 0.270 e. The van der Waals surface area contributed by atoms with Gasteiger partial charge in [-0.15, -0.1) is 6.42 Å². The Morgan fingerprint density at radius 1 is 1.67 bits per heavy atom. The van der Waals surface area contributed by atoms with Crippen molar-refractivity contribution in [2.24, 2.45) is 0 Å². The van der Waals surface area contributed by atoms with Crippen molar-refractivity contribution >= 4 is 5.78 Å². The maximum atomic E-state index is 10.3. The molecule has 0 bridgehead atoms. The molecule has 9 heavy (non-hydrogen) atoms. The van der Waals surface area contributed by atoms with Gasteiger partial charge in [-0.1, -0.05) is 12.8 Å². The van der Waals surface area contributed by atoms with Gasteiger partial charge in [0.15, 0.2) is 0 Å². The van der Waals surface area contributed by atoms with Crippen molar-refractivity contribution < 1.29 is 4.79 Å². The first kappa shape index (κ1) is 7.79. The largest absolute Gasteiger partial charge is 0.278 e. The molecule has 0 aromatic carbocycles. The van der Waals surface area contributed by atoms with Gasteiger partial charge in [0.05, 0.1) is 0 Å². The summed E-state index contributed by atoms with van der Waals surface area (Å²) in [7, 11) is 0. The molecule has 0 aromatic rings. The molecule has 46 valence electrons. The first-order valence-electron chi connectivity index (χ1n) is 2.80. The summed E-state index contributed by atoms with van der Waals surface area (Å²) in [5.74, 6) is 6.44. The minimum absolute atomic E-state index is 0.427. The normalized spacial score (nSPS) is 6.67. The highest BCUT2D eigenvalue weighted by molar-refractivity contribution is 6.08. The maximum Gasteiger partial charge on any atom is 0.278 e. The number of Topliss-reactive ketones (excluding diaryl/α,β-unsaturated/α-hetero) is 1. The Bertz CT molecular complexity index is 185. The molecule has 1 heteroatoms. The minimum Gasteiger partial charge on any atom is -0.270 e. The fourth-order valence-corrected chi connectivity index (χ4v) is 0.304. The third-order valence-corrected chi connectivity index (χ3v) is 0.708. The lowest BCUT2D eigenvalue weighted by Crippen LogP contribution is -1.83. The molecule has 0 amide bonds. The fourth-order valence-electron chi connectivity index (χ4n) is 0.304. The summed E-state index contributed by atoms with van der Waals surface area (Å²) >= 11 is 0. The van der Waals surface area contributed by atoms with Crippen LogP contribution in [0.5, 0.6) is 0 Å². The van der Waals surface area contributed by atoms with Crippen molar-refractivity contribution in [2.45, 2.75) is 19.8 Å². The first-order valence-corrected chi connectivity index (χ1v) is 2.80. The fraction of sp³-hybridized carbons (Fsp3) is 0.375. The lowest BCUT2D eigenvalue weighted by molar-refractivity contribution is -0.108. The number of rotatable bonds is 1. The summed E-state index contributed by atoms with van der Waals surface area (Å²) in [6, 6.07) is 0. The van der Waals surface area contributed by atoms with E-state index in [1.807, 2.05) is 12.8 Å². The molecule has 0 radical (unpaired) electrons. The van der Waals surface area contributed by atoms with Crippen molar-refractivity contribution in [1.29, 1.82) is 0 Å². The molecule has 0 N–H and O–H groups in total. The van der Waals surface area contributed by atoms with E-state index in [2.05, 4.69) is 11.8 Å². The van der Waals surface area contributed by atoms with E-state index in [4.69, 9.17) is 6.42 Å². The van der Waals surface area contributed by atoms with Gasteiger partial charge in [0, 0.05) is 6.42 Å². The van der Waals surface area contributed by atoms with Gasteiger partial charge >= 0.3 is 0 Å². The summed E-state index contributed by atoms with van der Waals surface area (Å²) in [6.45, 7) is 2.00. The van der Waals surface area contributed by atoms with Crippen LogP contribution in [0.2, 0.25) is 0 Å². The number of terminal acetylenes is 1. The molecule has 0 heterocycles. The van der Waals surface area contributed by atoms with Crippen LogP contribution in [0, 0.1) is 24.2 Å². The van der Waals surface area contributed by atoms with Gasteiger partial charge in [0.1, 0.15) is 0 Å². The Kier molecular flexibility index (Phi) is 4.27. The highest BCUT2D eigenvalue weighted by Crippen LogP contribution is 1.80. The van der Waals surface area contributed by atoms with Crippen LogP contribution in [-0.2, 0) is 4.79 Å². The van der Waals surface area contributed by atoms with E-state index in [0.717, 1.165) is 12.8 Å². The lowest BCUT2D eigenvalue weighted by Gasteiger charge is -1.74. The summed E-state index contributed by atoms with van der Waals surface area (Å²) in [4.78, 5) is 10.3. The van der Waals surface area contributed by atoms with Crippen LogP contribution in [0.25, 0.3) is 0 Å². The van der Waals surface area contributed by atoms with Crippen molar-refractivity contribution in [3.8, 4) is 24.2 Å². The maximum absolute atomic E-state index is 10.3. The minimum atomic E-state index is -0.427. The standard InChI is InChI=1S/C8H8O/c1-3-5-6-7-8(9)4-2/h2H,3,5H2,1H3. The van der Waals surface area contributed by atoms with Crippen LogP contribution in [0.15, 0.2) is 0 Å². The van der Waals surface area contributed by atoms with E-state index in [9.17, 15) is 4.79 Å². The monoisotopic (exact) mass is 120 g/mol. The van der Waals surface area contributed by atoms with E-state index in [-0.39, 0.29) is 0 Å². The Hall–Kier alpha value is -1.21. The summed E-state index contributed by atoms with van der Waals surface area (Å²) in [6.07, 6.45) is 6.46. The van der Waals surface area contributed by atoms with E-state index in [1.54, 1.807) is 0 Å². The Labute approximate surface area is 55.5 Å². The second-order valence-electron chi connectivity index (χ2n) is 1.53. The summed E-state index contributed by atoms with van der Waals surface area (Å²) in [5, 5.41) is 0. The summed E-state index contributed by atoms with van der Waals surface area (Å²) < 4.78 is 0. The van der Waals surface area contributed by atoms with Gasteiger partial charge in [-0.05, 0) is 18.3 Å². The zero-order chi connectivity index (χ0) is 7.11. The Morgan fingerprint density at radius 3 is 2.78 bits per heavy atom. The molecule has 0 unspecified atom stereocenters. The molecule has 0 atom stereocenters. The number of carbonyl (C=O) groups excluding carboxylic acids is 1. The third kappa shape index (κ3) is 4.65. The molecule has 0 aromatic heterocycles. The zero-order valence-electron chi connectivity index (χ0n) is 5.40. The highest BCUT2D eigenvalue weighted by atomic mass is 16.1. The SMILES string of the molecule is C#CC(=O)C#CCCC. The van der Waals surface area contributed by atoms with Gasteiger partial charge in [-0.25, -0.2) is 0 Å².